The minimum Gasteiger partial charge on any atom is -0.340 e. The lowest BCUT2D eigenvalue weighted by Crippen LogP contribution is -2.07. The molecule has 0 aliphatic rings. The summed E-state index contributed by atoms with van der Waals surface area (Å²) in [5.74, 6) is 0.665. The summed E-state index contributed by atoms with van der Waals surface area (Å²) in [7, 11) is -3.26. The van der Waals surface area contributed by atoms with E-state index in [1.165, 1.54) is 6.26 Å². The zero-order chi connectivity index (χ0) is 24.7. The minimum absolute atomic E-state index is 0.0472. The molecule has 5 rings (SSSR count). The highest BCUT2D eigenvalue weighted by Gasteiger charge is 2.15. The Morgan fingerprint density at radius 2 is 1.77 bits per heavy atom. The molecule has 0 atom stereocenters. The Bertz CT molecular complexity index is 1710. The van der Waals surface area contributed by atoms with Crippen LogP contribution in [0.3, 0.4) is 0 Å². The fraction of sp³-hybridized carbons (Fsp3) is 0.154. The Labute approximate surface area is 202 Å². The normalized spacial score (nSPS) is 11.7. The van der Waals surface area contributed by atoms with Crippen LogP contribution in [0.15, 0.2) is 72.0 Å². The van der Waals surface area contributed by atoms with Gasteiger partial charge in [0.2, 0.25) is 0 Å². The minimum atomic E-state index is -3.26. The monoisotopic (exact) mass is 485 g/mol. The molecule has 0 fully saturated rings. The zero-order valence-corrected chi connectivity index (χ0v) is 20.3. The third kappa shape index (κ3) is 4.38. The van der Waals surface area contributed by atoms with E-state index in [2.05, 4.69) is 20.4 Å². The number of ketones is 1. The Morgan fingerprint density at radius 1 is 1.00 bits per heavy atom. The third-order valence-corrected chi connectivity index (χ3v) is 7.05. The van der Waals surface area contributed by atoms with Gasteiger partial charge < -0.3 is 5.32 Å². The molecule has 0 unspecified atom stereocenters. The van der Waals surface area contributed by atoms with E-state index in [1.807, 2.05) is 31.2 Å². The van der Waals surface area contributed by atoms with Crippen molar-refractivity contribution >= 4 is 48.8 Å². The SMILES string of the molecule is CC(=O)Cn1ncc2c(C)c(-c3nccc4cnc(Nc5ccc(S(C)(=O)=O)cc5)cc34)ccc21. The summed E-state index contributed by atoms with van der Waals surface area (Å²) in [6, 6.07) is 14.4. The first-order valence-electron chi connectivity index (χ1n) is 11.0. The second kappa shape index (κ2) is 8.59. The van der Waals surface area contributed by atoms with Crippen molar-refractivity contribution in [2.24, 2.45) is 0 Å². The molecule has 1 N–H and O–H groups in total. The maximum Gasteiger partial charge on any atom is 0.175 e. The smallest absolute Gasteiger partial charge is 0.175 e. The molecule has 3 aromatic heterocycles. The molecular weight excluding hydrogens is 462 g/mol. The topological polar surface area (TPSA) is 107 Å². The number of fused-ring (bicyclic) bond motifs is 2. The van der Waals surface area contributed by atoms with E-state index in [1.54, 1.807) is 54.5 Å². The van der Waals surface area contributed by atoms with Crippen molar-refractivity contribution in [2.45, 2.75) is 25.3 Å². The van der Waals surface area contributed by atoms with Gasteiger partial charge in [-0.3, -0.25) is 14.5 Å². The van der Waals surface area contributed by atoms with E-state index in [-0.39, 0.29) is 17.2 Å². The van der Waals surface area contributed by atoms with Crippen molar-refractivity contribution in [3.63, 3.8) is 0 Å². The summed E-state index contributed by atoms with van der Waals surface area (Å²) < 4.78 is 25.2. The van der Waals surface area contributed by atoms with Crippen LogP contribution in [0.5, 0.6) is 0 Å². The average molecular weight is 486 g/mol. The third-order valence-electron chi connectivity index (χ3n) is 5.93. The lowest BCUT2D eigenvalue weighted by Gasteiger charge is -2.12. The molecule has 0 aliphatic heterocycles. The maximum absolute atomic E-state index is 11.7. The molecule has 0 amide bonds. The number of benzene rings is 2. The first-order chi connectivity index (χ1) is 16.7. The second-order valence-electron chi connectivity index (χ2n) is 8.55. The Hall–Kier alpha value is -4.11. The number of carbonyl (C=O) groups is 1. The summed E-state index contributed by atoms with van der Waals surface area (Å²) in [5.41, 5.74) is 4.45. The number of hydrogen-bond acceptors (Lipinski definition) is 7. The van der Waals surface area contributed by atoms with Crippen LogP contribution in [0.2, 0.25) is 0 Å². The van der Waals surface area contributed by atoms with Gasteiger partial charge in [0.15, 0.2) is 15.6 Å². The van der Waals surface area contributed by atoms with Gasteiger partial charge in [-0.05, 0) is 61.9 Å². The summed E-state index contributed by atoms with van der Waals surface area (Å²) in [4.78, 5) is 21.0. The number of anilines is 2. The van der Waals surface area contributed by atoms with Crippen molar-refractivity contribution in [1.82, 2.24) is 19.7 Å². The first kappa shape index (κ1) is 22.7. The van der Waals surface area contributed by atoms with Crippen molar-refractivity contribution < 1.29 is 13.2 Å². The number of rotatable bonds is 6. The predicted octanol–water partition coefficient (Wildman–Crippen LogP) is 4.69. The first-order valence-corrected chi connectivity index (χ1v) is 12.9. The molecule has 5 aromatic rings. The van der Waals surface area contributed by atoms with E-state index in [0.29, 0.717) is 5.82 Å². The van der Waals surface area contributed by atoms with Crippen LogP contribution in [-0.4, -0.2) is 40.2 Å². The van der Waals surface area contributed by atoms with Gasteiger partial charge in [0.05, 0.1) is 28.8 Å². The fourth-order valence-electron chi connectivity index (χ4n) is 4.17. The maximum atomic E-state index is 11.7. The highest BCUT2D eigenvalue weighted by molar-refractivity contribution is 7.90. The van der Waals surface area contributed by atoms with Gasteiger partial charge in [-0.15, -0.1) is 0 Å². The van der Waals surface area contributed by atoms with Crippen LogP contribution >= 0.6 is 0 Å². The van der Waals surface area contributed by atoms with Crippen LogP contribution in [0, 0.1) is 6.92 Å². The molecule has 8 nitrogen and oxygen atoms in total. The molecule has 0 bridgehead atoms. The van der Waals surface area contributed by atoms with Gasteiger partial charge in [-0.2, -0.15) is 5.10 Å². The number of pyridine rings is 2. The van der Waals surface area contributed by atoms with Gasteiger partial charge >= 0.3 is 0 Å². The van der Waals surface area contributed by atoms with Crippen LogP contribution in [-0.2, 0) is 21.2 Å². The van der Waals surface area contributed by atoms with E-state index in [4.69, 9.17) is 0 Å². The molecule has 9 heteroatoms. The number of nitrogens with zero attached hydrogens (tertiary/aromatic N) is 4. The standard InChI is InChI=1S/C26H23N5O3S/c1-16(32)15-31-24-9-8-21(17(2)23(24)14-29-31)26-22-12-25(28-13-18(22)10-11-27-26)30-19-4-6-20(7-5-19)35(3,33)34/h4-14H,15H2,1-3H3,(H,28,30). The second-order valence-corrected chi connectivity index (χ2v) is 10.6. The van der Waals surface area contributed by atoms with Crippen molar-refractivity contribution in [1.29, 1.82) is 0 Å². The molecule has 0 saturated heterocycles. The quantitative estimate of drug-likeness (QED) is 0.372. The number of sulfone groups is 1. The van der Waals surface area contributed by atoms with Crippen LogP contribution in [0.25, 0.3) is 32.9 Å². The molecule has 0 saturated carbocycles. The molecular formula is C26H23N5O3S. The number of aryl methyl sites for hydroxylation is 1. The lowest BCUT2D eigenvalue weighted by molar-refractivity contribution is -0.117. The lowest BCUT2D eigenvalue weighted by atomic mass is 9.98. The van der Waals surface area contributed by atoms with E-state index >= 15 is 0 Å². The molecule has 2 aromatic carbocycles. The number of Topliss-reactive ketones (excluding diaryl/α,β-unsaturated/α-hetero) is 1. The number of nitrogens with one attached hydrogen (secondary N) is 1. The number of hydrogen-bond donors (Lipinski definition) is 1. The predicted molar refractivity (Wildman–Crippen MR) is 137 cm³/mol. The van der Waals surface area contributed by atoms with E-state index < -0.39 is 9.84 Å². The molecule has 0 radical (unpaired) electrons. The fourth-order valence-corrected chi connectivity index (χ4v) is 4.80. The summed E-state index contributed by atoms with van der Waals surface area (Å²) in [5, 5.41) is 10.5. The summed E-state index contributed by atoms with van der Waals surface area (Å²) >= 11 is 0. The van der Waals surface area contributed by atoms with Gasteiger partial charge in [-0.1, -0.05) is 6.07 Å². The van der Waals surface area contributed by atoms with Crippen molar-refractivity contribution in [3.05, 3.63) is 72.7 Å². The van der Waals surface area contributed by atoms with Crippen LogP contribution in [0.1, 0.15) is 12.5 Å². The van der Waals surface area contributed by atoms with Crippen LogP contribution < -0.4 is 5.32 Å². The Kier molecular flexibility index (Phi) is 5.56. The van der Waals surface area contributed by atoms with Crippen LogP contribution in [0.4, 0.5) is 11.5 Å². The molecule has 0 spiro atoms. The summed E-state index contributed by atoms with van der Waals surface area (Å²) in [6.45, 7) is 3.82. The van der Waals surface area contributed by atoms with Gasteiger partial charge in [0.25, 0.3) is 0 Å². The molecule has 176 valence electrons. The van der Waals surface area contributed by atoms with E-state index in [9.17, 15) is 13.2 Å². The largest absolute Gasteiger partial charge is 0.340 e. The molecule has 35 heavy (non-hydrogen) atoms. The van der Waals surface area contributed by atoms with Gasteiger partial charge in [-0.25, -0.2) is 13.4 Å². The highest BCUT2D eigenvalue weighted by atomic mass is 32.2. The number of carbonyl (C=O) groups excluding carboxylic acids is 1. The van der Waals surface area contributed by atoms with Gasteiger partial charge in [0.1, 0.15) is 5.82 Å². The number of aromatic nitrogens is 4. The Morgan fingerprint density at radius 3 is 2.49 bits per heavy atom. The van der Waals surface area contributed by atoms with Crippen molar-refractivity contribution in [2.75, 3.05) is 11.6 Å². The molecule has 0 aliphatic carbocycles. The van der Waals surface area contributed by atoms with E-state index in [0.717, 1.165) is 44.2 Å². The highest BCUT2D eigenvalue weighted by Crippen LogP contribution is 2.34. The zero-order valence-electron chi connectivity index (χ0n) is 19.5. The summed E-state index contributed by atoms with van der Waals surface area (Å²) in [6.07, 6.45) is 6.52. The molecule has 3 heterocycles. The van der Waals surface area contributed by atoms with Gasteiger partial charge in [0, 0.05) is 46.1 Å². The van der Waals surface area contributed by atoms with Crippen molar-refractivity contribution in [3.8, 4) is 11.3 Å². The average Bonchev–Trinajstić information content (AvgIpc) is 3.22. The Balaban J connectivity index is 1.55.